The Kier molecular flexibility index (Phi) is 3.60. The van der Waals surface area contributed by atoms with E-state index in [-0.39, 0.29) is 5.60 Å². The van der Waals surface area contributed by atoms with Gasteiger partial charge in [0.1, 0.15) is 4.70 Å². The molecule has 0 saturated heterocycles. The molecule has 0 amide bonds. The van der Waals surface area contributed by atoms with Crippen molar-refractivity contribution < 1.29 is 4.18 Å². The van der Waals surface area contributed by atoms with Crippen molar-refractivity contribution in [3.05, 3.63) is 0 Å². The van der Waals surface area contributed by atoms with E-state index < -0.39 is 0 Å². The fourth-order valence-electron chi connectivity index (χ4n) is 0.142. The summed E-state index contributed by atoms with van der Waals surface area (Å²) in [6.45, 7) is 5.89. The van der Waals surface area contributed by atoms with Gasteiger partial charge in [0, 0.05) is 12.0 Å². The van der Waals surface area contributed by atoms with Crippen LogP contribution in [0.25, 0.3) is 0 Å². The predicted octanol–water partition coefficient (Wildman–Crippen LogP) is 2.28. The lowest BCUT2D eigenvalue weighted by Crippen LogP contribution is -2.14. The summed E-state index contributed by atoms with van der Waals surface area (Å²) < 4.78 is 7.48. The van der Waals surface area contributed by atoms with E-state index in [1.165, 1.54) is 0 Å². The molecule has 47 valence electrons. The topological polar surface area (TPSA) is 9.23 Å². The highest BCUT2D eigenvalue weighted by Gasteiger charge is 2.08. The first-order valence-corrected chi connectivity index (χ1v) is 3.43. The second kappa shape index (κ2) is 3.43. The molecule has 0 rings (SSSR count). The molecule has 0 spiro atoms. The fraction of sp³-hybridized carbons (Fsp3) is 0.800. The summed E-state index contributed by atoms with van der Waals surface area (Å²) in [7, 11) is 0. The van der Waals surface area contributed by atoms with Crippen LogP contribution in [0.2, 0.25) is 0 Å². The maximum absolute atomic E-state index is 5.08. The van der Waals surface area contributed by atoms with E-state index in [1.807, 2.05) is 20.8 Å². The van der Waals surface area contributed by atoms with Crippen LogP contribution in [0.3, 0.4) is 0 Å². The maximum Gasteiger partial charge on any atom is 0.125 e. The van der Waals surface area contributed by atoms with Crippen LogP contribution in [-0.4, -0.2) is 10.3 Å². The Morgan fingerprint density at radius 3 is 2.12 bits per heavy atom. The molecule has 0 atom stereocenters. The Morgan fingerprint density at radius 1 is 1.50 bits per heavy atom. The van der Waals surface area contributed by atoms with Crippen molar-refractivity contribution in [3.8, 4) is 0 Å². The lowest BCUT2D eigenvalue weighted by atomic mass is 10.2. The standard InChI is InChI=1S/C5H9OS2/c1-5(2,3)6-8-4-7/h1-3H3. The molecule has 0 saturated carbocycles. The molecule has 0 aliphatic rings. The lowest BCUT2D eigenvalue weighted by molar-refractivity contribution is 0.167. The summed E-state index contributed by atoms with van der Waals surface area (Å²) >= 11 is 5.49. The van der Waals surface area contributed by atoms with Crippen LogP contribution in [0.15, 0.2) is 0 Å². The van der Waals surface area contributed by atoms with Gasteiger partial charge in [-0.15, -0.1) is 0 Å². The van der Waals surface area contributed by atoms with Crippen molar-refractivity contribution in [3.63, 3.8) is 0 Å². The third-order valence-corrected chi connectivity index (χ3v) is 1.18. The van der Waals surface area contributed by atoms with Gasteiger partial charge in [0.05, 0.1) is 5.60 Å². The minimum Gasteiger partial charge on any atom is -0.304 e. The maximum atomic E-state index is 5.08. The molecular formula is C5H9OS2. The number of hydrogen-bond donors (Lipinski definition) is 0. The van der Waals surface area contributed by atoms with Gasteiger partial charge in [0.15, 0.2) is 0 Å². The number of hydrogen-bond acceptors (Lipinski definition) is 3. The first-order valence-electron chi connectivity index (χ1n) is 2.28. The lowest BCUT2D eigenvalue weighted by Gasteiger charge is -2.14. The fourth-order valence-corrected chi connectivity index (χ4v) is 0.528. The first kappa shape index (κ1) is 8.40. The zero-order valence-electron chi connectivity index (χ0n) is 5.22. The van der Waals surface area contributed by atoms with Gasteiger partial charge < -0.3 is 4.18 Å². The van der Waals surface area contributed by atoms with Crippen LogP contribution in [0, 0.1) is 0 Å². The Hall–Kier alpha value is 0.400. The van der Waals surface area contributed by atoms with Crippen molar-refractivity contribution >= 4 is 29.0 Å². The van der Waals surface area contributed by atoms with Crippen LogP contribution in [0.1, 0.15) is 20.8 Å². The molecule has 8 heavy (non-hydrogen) atoms. The summed E-state index contributed by atoms with van der Waals surface area (Å²) in [5.74, 6) is 0. The van der Waals surface area contributed by atoms with Gasteiger partial charge in [-0.3, -0.25) is 0 Å². The molecule has 0 fully saturated rings. The first-order chi connectivity index (χ1) is 3.56. The van der Waals surface area contributed by atoms with Crippen LogP contribution in [0.4, 0.5) is 0 Å². The van der Waals surface area contributed by atoms with Gasteiger partial charge in [-0.25, -0.2) is 0 Å². The minimum atomic E-state index is -0.115. The van der Waals surface area contributed by atoms with E-state index in [2.05, 4.69) is 16.9 Å². The van der Waals surface area contributed by atoms with Crippen molar-refractivity contribution in [1.82, 2.24) is 0 Å². The Balaban J connectivity index is 3.24. The molecule has 3 heteroatoms. The molecule has 0 aliphatic heterocycles. The third kappa shape index (κ3) is 6.40. The molecule has 0 aliphatic carbocycles. The van der Waals surface area contributed by atoms with Gasteiger partial charge >= 0.3 is 0 Å². The van der Waals surface area contributed by atoms with Gasteiger partial charge in [-0.1, -0.05) is 12.2 Å². The highest BCUT2D eigenvalue weighted by molar-refractivity contribution is 8.17. The van der Waals surface area contributed by atoms with Crippen LogP contribution in [-0.2, 0) is 4.18 Å². The second-order valence-electron chi connectivity index (χ2n) is 2.36. The summed E-state index contributed by atoms with van der Waals surface area (Å²) in [6, 6.07) is 0. The normalized spacial score (nSPS) is 11.4. The van der Waals surface area contributed by atoms with Crippen LogP contribution in [0.5, 0.6) is 0 Å². The largest absolute Gasteiger partial charge is 0.304 e. The van der Waals surface area contributed by atoms with Crippen LogP contribution >= 0.6 is 24.3 Å². The molecule has 0 aromatic rings. The molecule has 1 nitrogen and oxygen atoms in total. The molecule has 0 aromatic carbocycles. The average Bonchev–Trinajstić information content (AvgIpc) is 1.59. The average molecular weight is 149 g/mol. The zero-order valence-corrected chi connectivity index (χ0v) is 6.86. The molecule has 0 aromatic heterocycles. The van der Waals surface area contributed by atoms with Crippen molar-refractivity contribution in [2.45, 2.75) is 26.4 Å². The quantitative estimate of drug-likeness (QED) is 0.440. The molecular weight excluding hydrogens is 140 g/mol. The van der Waals surface area contributed by atoms with Gasteiger partial charge in [0.2, 0.25) is 0 Å². The second-order valence-corrected chi connectivity index (χ2v) is 3.36. The molecule has 1 radical (unpaired) electrons. The van der Waals surface area contributed by atoms with E-state index in [0.29, 0.717) is 0 Å². The number of thiocarbonyl (C=S) groups is 1. The minimum absolute atomic E-state index is 0.115. The van der Waals surface area contributed by atoms with Crippen molar-refractivity contribution in [2.75, 3.05) is 0 Å². The Morgan fingerprint density at radius 2 is 2.00 bits per heavy atom. The molecule has 0 heterocycles. The van der Waals surface area contributed by atoms with E-state index >= 15 is 0 Å². The highest BCUT2D eigenvalue weighted by Crippen LogP contribution is 2.14. The van der Waals surface area contributed by atoms with Crippen molar-refractivity contribution in [2.24, 2.45) is 0 Å². The SMILES string of the molecule is CC(C)(C)OS[C]=S. The summed E-state index contributed by atoms with van der Waals surface area (Å²) in [6.07, 6.45) is 0. The molecule has 0 N–H and O–H groups in total. The highest BCUT2D eigenvalue weighted by atomic mass is 32.2. The third-order valence-electron chi connectivity index (χ3n) is 0.326. The van der Waals surface area contributed by atoms with E-state index in [1.54, 1.807) is 0 Å². The van der Waals surface area contributed by atoms with E-state index in [9.17, 15) is 0 Å². The smallest absolute Gasteiger partial charge is 0.125 e. The summed E-state index contributed by atoms with van der Waals surface area (Å²) in [4.78, 5) is 0. The molecule has 0 unspecified atom stereocenters. The monoisotopic (exact) mass is 149 g/mol. The predicted molar refractivity (Wildman–Crippen MR) is 41.0 cm³/mol. The van der Waals surface area contributed by atoms with Crippen molar-refractivity contribution in [1.29, 1.82) is 0 Å². The zero-order chi connectivity index (χ0) is 6.62. The number of rotatable bonds is 2. The molecule has 0 bridgehead atoms. The van der Waals surface area contributed by atoms with Gasteiger partial charge in [0.25, 0.3) is 0 Å². The summed E-state index contributed by atoms with van der Waals surface area (Å²) in [5, 5.41) is 0. The van der Waals surface area contributed by atoms with Crippen LogP contribution < -0.4 is 0 Å². The van der Waals surface area contributed by atoms with E-state index in [4.69, 9.17) is 4.18 Å². The van der Waals surface area contributed by atoms with Gasteiger partial charge in [-0.05, 0) is 20.8 Å². The Labute approximate surface area is 60.0 Å². The van der Waals surface area contributed by atoms with E-state index in [0.717, 1.165) is 12.0 Å². The Bertz CT molecular complexity index is 75.0. The van der Waals surface area contributed by atoms with Gasteiger partial charge in [-0.2, -0.15) is 0 Å². The summed E-state index contributed by atoms with van der Waals surface area (Å²) in [5.41, 5.74) is -0.115.